The molecule has 0 aromatic heterocycles. The van der Waals surface area contributed by atoms with E-state index in [1.54, 1.807) is 24.3 Å². The van der Waals surface area contributed by atoms with Gasteiger partial charge in [-0.05, 0) is 12.1 Å². The fourth-order valence-electron chi connectivity index (χ4n) is 0.718. The summed E-state index contributed by atoms with van der Waals surface area (Å²) < 4.78 is 4.55. The smallest absolute Gasteiger partial charge is 0.342 e. The summed E-state index contributed by atoms with van der Waals surface area (Å²) in [6, 6.07) is 8.77. The Morgan fingerprint density at radius 2 is 1.92 bits per heavy atom. The monoisotopic (exact) mass is 212 g/mol. The van der Waals surface area contributed by atoms with Gasteiger partial charge in [-0.3, -0.25) is 0 Å². The normalized spacial score (nSPS) is 8.00. The molecule has 2 nitrogen and oxygen atoms in total. The molecule has 0 fully saturated rings. The van der Waals surface area contributed by atoms with E-state index in [1.165, 1.54) is 0 Å². The standard InChI is InChI=1S/C9H8O2.Zn/c1-2-11-9(10)8-6-4-3-5-7-8;/h2-7H,1H2;. The first-order valence-electron chi connectivity index (χ1n) is 3.21. The number of rotatable bonds is 2. The molecule has 0 spiro atoms. The minimum absolute atomic E-state index is 0. The van der Waals surface area contributed by atoms with Crippen molar-refractivity contribution in [3.05, 3.63) is 48.7 Å². The molecule has 0 bridgehead atoms. The van der Waals surface area contributed by atoms with E-state index in [9.17, 15) is 4.79 Å². The average molecular weight is 214 g/mol. The fraction of sp³-hybridized carbons (Fsp3) is 0. The molecule has 0 aliphatic heterocycles. The van der Waals surface area contributed by atoms with Gasteiger partial charge >= 0.3 is 5.97 Å². The molecule has 0 N–H and O–H groups in total. The second kappa shape index (κ2) is 5.67. The molecule has 12 heavy (non-hydrogen) atoms. The van der Waals surface area contributed by atoms with Crippen LogP contribution in [-0.4, -0.2) is 5.97 Å². The molecule has 0 radical (unpaired) electrons. The van der Waals surface area contributed by atoms with E-state index < -0.39 is 0 Å². The van der Waals surface area contributed by atoms with Crippen molar-refractivity contribution in [2.24, 2.45) is 0 Å². The van der Waals surface area contributed by atoms with Crippen LogP contribution < -0.4 is 0 Å². The topological polar surface area (TPSA) is 26.3 Å². The van der Waals surface area contributed by atoms with E-state index in [0.29, 0.717) is 5.56 Å². The van der Waals surface area contributed by atoms with Gasteiger partial charge < -0.3 is 4.74 Å². The molecular formula is C9H8O2Zn. The van der Waals surface area contributed by atoms with E-state index in [-0.39, 0.29) is 25.4 Å². The van der Waals surface area contributed by atoms with Crippen molar-refractivity contribution >= 4 is 5.97 Å². The largest absolute Gasteiger partial charge is 0.432 e. The van der Waals surface area contributed by atoms with Crippen LogP contribution in [0.5, 0.6) is 0 Å². The predicted molar refractivity (Wildman–Crippen MR) is 42.1 cm³/mol. The molecule has 0 aliphatic rings. The second-order valence-corrected chi connectivity index (χ2v) is 1.94. The van der Waals surface area contributed by atoms with Crippen LogP contribution in [0.2, 0.25) is 0 Å². The van der Waals surface area contributed by atoms with Crippen LogP contribution in [0.15, 0.2) is 43.2 Å². The van der Waals surface area contributed by atoms with E-state index >= 15 is 0 Å². The molecule has 1 rings (SSSR count). The minimum atomic E-state index is -0.374. The third kappa shape index (κ3) is 2.97. The fourth-order valence-corrected chi connectivity index (χ4v) is 0.718. The van der Waals surface area contributed by atoms with Gasteiger partial charge in [0, 0.05) is 19.5 Å². The Balaban J connectivity index is 0.00000121. The number of carbonyl (C=O) groups excluding carboxylic acids is 1. The molecule has 58 valence electrons. The maximum atomic E-state index is 11.0. The number of esters is 1. The van der Waals surface area contributed by atoms with Crippen molar-refractivity contribution in [3.8, 4) is 0 Å². The third-order valence-electron chi connectivity index (χ3n) is 1.20. The minimum Gasteiger partial charge on any atom is -0.432 e. The van der Waals surface area contributed by atoms with Crippen molar-refractivity contribution in [2.75, 3.05) is 0 Å². The Kier molecular flexibility index (Phi) is 5.22. The van der Waals surface area contributed by atoms with Gasteiger partial charge in [0.25, 0.3) is 0 Å². The van der Waals surface area contributed by atoms with Crippen molar-refractivity contribution in [3.63, 3.8) is 0 Å². The molecule has 0 amide bonds. The third-order valence-corrected chi connectivity index (χ3v) is 1.20. The van der Waals surface area contributed by atoms with Gasteiger partial charge in [-0.1, -0.05) is 24.8 Å². The van der Waals surface area contributed by atoms with Crippen LogP contribution in [0, 0.1) is 0 Å². The number of ether oxygens (including phenoxy) is 1. The molecule has 0 saturated carbocycles. The number of hydrogen-bond acceptors (Lipinski definition) is 2. The molecule has 3 heteroatoms. The van der Waals surface area contributed by atoms with Gasteiger partial charge in [-0.2, -0.15) is 0 Å². The van der Waals surface area contributed by atoms with Gasteiger partial charge in [0.2, 0.25) is 0 Å². The van der Waals surface area contributed by atoms with Crippen LogP contribution in [-0.2, 0) is 24.2 Å². The summed E-state index contributed by atoms with van der Waals surface area (Å²) in [6.07, 6.45) is 1.12. The summed E-state index contributed by atoms with van der Waals surface area (Å²) in [7, 11) is 0. The SMILES string of the molecule is C=COC(=O)c1ccccc1.[Zn]. The molecule has 1 aromatic rings. The molecule has 0 aliphatic carbocycles. The van der Waals surface area contributed by atoms with Gasteiger partial charge in [0.15, 0.2) is 0 Å². The summed E-state index contributed by atoms with van der Waals surface area (Å²) in [4.78, 5) is 11.0. The van der Waals surface area contributed by atoms with Gasteiger partial charge in [0.1, 0.15) is 0 Å². The quantitative estimate of drug-likeness (QED) is 0.427. The van der Waals surface area contributed by atoms with Crippen LogP contribution in [0.1, 0.15) is 10.4 Å². The van der Waals surface area contributed by atoms with Crippen LogP contribution in [0.25, 0.3) is 0 Å². The zero-order chi connectivity index (χ0) is 8.10. The Labute approximate surface area is 84.0 Å². The first kappa shape index (κ1) is 11.1. The van der Waals surface area contributed by atoms with Gasteiger partial charge in [-0.25, -0.2) is 4.79 Å². The van der Waals surface area contributed by atoms with E-state index in [2.05, 4.69) is 11.3 Å². The first-order chi connectivity index (χ1) is 5.34. The molecule has 1 aromatic carbocycles. The molecule has 0 atom stereocenters. The van der Waals surface area contributed by atoms with Crippen molar-refractivity contribution in [1.82, 2.24) is 0 Å². The Bertz CT molecular complexity index is 256. The van der Waals surface area contributed by atoms with Crippen molar-refractivity contribution in [1.29, 1.82) is 0 Å². The maximum Gasteiger partial charge on any atom is 0.342 e. The summed E-state index contributed by atoms with van der Waals surface area (Å²) in [5.74, 6) is -0.374. The predicted octanol–water partition coefficient (Wildman–Crippen LogP) is 1.98. The van der Waals surface area contributed by atoms with Gasteiger partial charge in [-0.15, -0.1) is 0 Å². The summed E-state index contributed by atoms with van der Waals surface area (Å²) >= 11 is 0. The van der Waals surface area contributed by atoms with E-state index in [0.717, 1.165) is 6.26 Å². The molecule has 0 heterocycles. The molecule has 0 unspecified atom stereocenters. The number of hydrogen-bond donors (Lipinski definition) is 0. The second-order valence-electron chi connectivity index (χ2n) is 1.94. The summed E-state index contributed by atoms with van der Waals surface area (Å²) in [5.41, 5.74) is 0.535. The Morgan fingerprint density at radius 1 is 1.33 bits per heavy atom. The number of carbonyl (C=O) groups is 1. The zero-order valence-corrected chi connectivity index (χ0v) is 9.66. The van der Waals surface area contributed by atoms with Crippen LogP contribution in [0.4, 0.5) is 0 Å². The molecular weight excluding hydrogens is 205 g/mol. The summed E-state index contributed by atoms with van der Waals surface area (Å²) in [6.45, 7) is 3.28. The Hall–Kier alpha value is -0.947. The van der Waals surface area contributed by atoms with Crippen molar-refractivity contribution in [2.45, 2.75) is 0 Å². The Morgan fingerprint density at radius 3 is 2.42 bits per heavy atom. The van der Waals surface area contributed by atoms with Crippen LogP contribution >= 0.6 is 0 Å². The van der Waals surface area contributed by atoms with Gasteiger partial charge in [0.05, 0.1) is 11.8 Å². The maximum absolute atomic E-state index is 11.0. The first-order valence-corrected chi connectivity index (χ1v) is 3.21. The van der Waals surface area contributed by atoms with Crippen LogP contribution in [0.3, 0.4) is 0 Å². The van der Waals surface area contributed by atoms with Crippen molar-refractivity contribution < 1.29 is 29.0 Å². The average Bonchev–Trinajstić information content (AvgIpc) is 2.07. The zero-order valence-electron chi connectivity index (χ0n) is 6.69. The molecule has 0 saturated heterocycles. The van der Waals surface area contributed by atoms with E-state index in [4.69, 9.17) is 0 Å². The van der Waals surface area contributed by atoms with E-state index in [1.807, 2.05) is 6.07 Å². The summed E-state index contributed by atoms with van der Waals surface area (Å²) in [5, 5.41) is 0. The number of benzene rings is 1.